The summed E-state index contributed by atoms with van der Waals surface area (Å²) >= 11 is 0. The predicted molar refractivity (Wildman–Crippen MR) is 65.7 cm³/mol. The minimum atomic E-state index is -1.08. The number of nitrogens with one attached hydrogen (secondary N) is 1. The van der Waals surface area contributed by atoms with Gasteiger partial charge in [-0.1, -0.05) is 0 Å². The lowest BCUT2D eigenvalue weighted by molar-refractivity contribution is -0.121. The van der Waals surface area contributed by atoms with Gasteiger partial charge < -0.3 is 10.9 Å². The van der Waals surface area contributed by atoms with Crippen LogP contribution < -0.4 is 0 Å². The molecular weight excluding hydrogens is 222 g/mol. The zero-order chi connectivity index (χ0) is 13.1. The van der Waals surface area contributed by atoms with E-state index in [0.717, 1.165) is 0 Å². The van der Waals surface area contributed by atoms with Gasteiger partial charge in [0.1, 0.15) is 11.1 Å². The van der Waals surface area contributed by atoms with Gasteiger partial charge in [-0.3, -0.25) is 9.59 Å². The summed E-state index contributed by atoms with van der Waals surface area (Å²) in [5.41, 5.74) is -2.07. The van der Waals surface area contributed by atoms with Crippen molar-refractivity contribution >= 4 is 17.3 Å². The third-order valence-electron chi connectivity index (χ3n) is 2.31. The third kappa shape index (κ3) is 4.95. The molecule has 0 atom stereocenters. The Kier molecular flexibility index (Phi) is 6.09. The molecule has 0 aliphatic heterocycles. The molecule has 0 saturated heterocycles. The molecule has 0 aliphatic rings. The van der Waals surface area contributed by atoms with Crippen molar-refractivity contribution in [1.29, 1.82) is 5.41 Å². The number of Topliss-reactive ketones (excluding diaryl/α,β-unsaturated/α-hetero) is 2. The molecule has 0 aromatic heterocycles. The number of hydrogen-bond acceptors (Lipinski definition) is 5. The lowest BCUT2D eigenvalue weighted by Crippen LogP contribution is -2.35. The highest BCUT2D eigenvalue weighted by Crippen LogP contribution is 2.17. The SMILES string of the molecule is CC(=N)C(=O)C(C)(C)N=NC(C)(C)C(C)=O.O. The zero-order valence-electron chi connectivity index (χ0n) is 11.2. The predicted octanol–water partition coefficient (Wildman–Crippen LogP) is 1.37. The van der Waals surface area contributed by atoms with Gasteiger partial charge in [-0.25, -0.2) is 0 Å². The number of ketones is 2. The Balaban J connectivity index is 0. The van der Waals surface area contributed by atoms with Crippen LogP contribution in [0, 0.1) is 5.41 Å². The highest BCUT2D eigenvalue weighted by atomic mass is 16.1. The van der Waals surface area contributed by atoms with Crippen LogP contribution in [0.5, 0.6) is 0 Å². The monoisotopic (exact) mass is 243 g/mol. The smallest absolute Gasteiger partial charge is 0.204 e. The van der Waals surface area contributed by atoms with Gasteiger partial charge in [0.25, 0.3) is 0 Å². The summed E-state index contributed by atoms with van der Waals surface area (Å²) in [5.74, 6) is -0.512. The summed E-state index contributed by atoms with van der Waals surface area (Å²) < 4.78 is 0. The second-order valence-electron chi connectivity index (χ2n) is 4.83. The van der Waals surface area contributed by atoms with Crippen molar-refractivity contribution in [3.63, 3.8) is 0 Å². The fraction of sp³-hybridized carbons (Fsp3) is 0.727. The Bertz CT molecular complexity index is 357. The van der Waals surface area contributed by atoms with Crippen LogP contribution in [-0.2, 0) is 9.59 Å². The highest BCUT2D eigenvalue weighted by Gasteiger charge is 2.31. The lowest BCUT2D eigenvalue weighted by atomic mass is 9.97. The van der Waals surface area contributed by atoms with Gasteiger partial charge in [0.05, 0.1) is 5.71 Å². The second kappa shape index (κ2) is 5.77. The third-order valence-corrected chi connectivity index (χ3v) is 2.31. The van der Waals surface area contributed by atoms with Gasteiger partial charge in [0.2, 0.25) is 5.78 Å². The van der Waals surface area contributed by atoms with Crippen molar-refractivity contribution in [2.24, 2.45) is 10.2 Å². The highest BCUT2D eigenvalue weighted by molar-refractivity contribution is 6.40. The Morgan fingerprint density at radius 2 is 1.29 bits per heavy atom. The van der Waals surface area contributed by atoms with E-state index in [2.05, 4.69) is 10.2 Å². The van der Waals surface area contributed by atoms with E-state index in [9.17, 15) is 9.59 Å². The molecule has 17 heavy (non-hydrogen) atoms. The Hall–Kier alpha value is -1.43. The molecule has 0 bridgehead atoms. The molecule has 0 aromatic carbocycles. The van der Waals surface area contributed by atoms with Crippen LogP contribution in [0.25, 0.3) is 0 Å². The standard InChI is InChI=1S/C11H19N3O2.H2O/c1-7(12)9(16)11(5,6)14-13-10(3,4)8(2)15;/h12H,1-6H3;1H2. The number of carbonyl (C=O) groups is 2. The summed E-state index contributed by atoms with van der Waals surface area (Å²) in [5, 5.41) is 15.0. The fourth-order valence-electron chi connectivity index (χ4n) is 0.825. The Morgan fingerprint density at radius 1 is 0.941 bits per heavy atom. The zero-order valence-corrected chi connectivity index (χ0v) is 11.2. The average Bonchev–Trinajstić information content (AvgIpc) is 2.13. The molecule has 6 heteroatoms. The van der Waals surface area contributed by atoms with Gasteiger partial charge in [-0.05, 0) is 41.5 Å². The topological polar surface area (TPSA) is 114 Å². The number of nitrogens with zero attached hydrogens (tertiary/aromatic N) is 2. The van der Waals surface area contributed by atoms with Crippen molar-refractivity contribution < 1.29 is 15.1 Å². The molecule has 0 saturated carbocycles. The van der Waals surface area contributed by atoms with E-state index in [4.69, 9.17) is 5.41 Å². The number of rotatable bonds is 5. The first-order valence-corrected chi connectivity index (χ1v) is 5.06. The van der Waals surface area contributed by atoms with Gasteiger partial charge in [-0.2, -0.15) is 10.2 Å². The maximum Gasteiger partial charge on any atom is 0.204 e. The van der Waals surface area contributed by atoms with Crippen LogP contribution >= 0.6 is 0 Å². The molecule has 0 radical (unpaired) electrons. The molecule has 6 nitrogen and oxygen atoms in total. The first-order chi connectivity index (χ1) is 7.00. The normalized spacial score (nSPS) is 12.1. The summed E-state index contributed by atoms with van der Waals surface area (Å²) in [6.07, 6.45) is 0. The first-order valence-electron chi connectivity index (χ1n) is 5.06. The van der Waals surface area contributed by atoms with Gasteiger partial charge in [0, 0.05) is 0 Å². The molecule has 0 spiro atoms. The molecule has 0 unspecified atom stereocenters. The molecule has 0 aromatic rings. The molecule has 0 rings (SSSR count). The average molecular weight is 243 g/mol. The molecule has 0 aliphatic carbocycles. The molecule has 98 valence electrons. The van der Waals surface area contributed by atoms with E-state index >= 15 is 0 Å². The Labute approximate surface area is 101 Å². The van der Waals surface area contributed by atoms with Crippen LogP contribution in [0.4, 0.5) is 0 Å². The first kappa shape index (κ1) is 17.9. The number of azo groups is 1. The number of carbonyl (C=O) groups excluding carboxylic acids is 2. The van der Waals surface area contributed by atoms with Crippen molar-refractivity contribution in [2.45, 2.75) is 52.6 Å². The van der Waals surface area contributed by atoms with E-state index in [1.807, 2.05) is 0 Å². The summed E-state index contributed by atoms with van der Waals surface area (Å²) in [6.45, 7) is 9.26. The maximum absolute atomic E-state index is 11.6. The van der Waals surface area contributed by atoms with Crippen molar-refractivity contribution in [2.75, 3.05) is 0 Å². The van der Waals surface area contributed by atoms with Crippen LogP contribution in [0.1, 0.15) is 41.5 Å². The van der Waals surface area contributed by atoms with Crippen molar-refractivity contribution in [1.82, 2.24) is 0 Å². The summed E-state index contributed by atoms with van der Waals surface area (Å²) in [6, 6.07) is 0. The van der Waals surface area contributed by atoms with Gasteiger partial charge >= 0.3 is 0 Å². The quantitative estimate of drug-likeness (QED) is 0.580. The van der Waals surface area contributed by atoms with E-state index in [1.54, 1.807) is 27.7 Å². The maximum atomic E-state index is 11.6. The molecular formula is C11H21N3O3. The minimum Gasteiger partial charge on any atom is -0.412 e. The van der Waals surface area contributed by atoms with Crippen LogP contribution in [0.2, 0.25) is 0 Å². The molecule has 0 heterocycles. The van der Waals surface area contributed by atoms with Crippen LogP contribution in [-0.4, -0.2) is 33.8 Å². The second-order valence-corrected chi connectivity index (χ2v) is 4.83. The summed E-state index contributed by atoms with van der Waals surface area (Å²) in [4.78, 5) is 22.8. The van der Waals surface area contributed by atoms with Gasteiger partial charge in [0.15, 0.2) is 5.78 Å². The summed E-state index contributed by atoms with van der Waals surface area (Å²) in [7, 11) is 0. The van der Waals surface area contributed by atoms with Crippen LogP contribution in [0.3, 0.4) is 0 Å². The van der Waals surface area contributed by atoms with Crippen molar-refractivity contribution in [3.8, 4) is 0 Å². The minimum absolute atomic E-state index is 0. The number of hydrogen-bond donors (Lipinski definition) is 1. The lowest BCUT2D eigenvalue weighted by Gasteiger charge is -2.19. The molecule has 0 amide bonds. The largest absolute Gasteiger partial charge is 0.412 e. The van der Waals surface area contributed by atoms with Gasteiger partial charge in [-0.15, -0.1) is 0 Å². The molecule has 0 fully saturated rings. The van der Waals surface area contributed by atoms with Crippen LogP contribution in [0.15, 0.2) is 10.2 Å². The van der Waals surface area contributed by atoms with E-state index in [1.165, 1.54) is 13.8 Å². The van der Waals surface area contributed by atoms with E-state index in [-0.39, 0.29) is 17.0 Å². The molecule has 3 N–H and O–H groups in total. The van der Waals surface area contributed by atoms with Crippen molar-refractivity contribution in [3.05, 3.63) is 0 Å². The fourth-order valence-corrected chi connectivity index (χ4v) is 0.825. The Morgan fingerprint density at radius 3 is 1.59 bits per heavy atom. The van der Waals surface area contributed by atoms with E-state index < -0.39 is 16.9 Å². The van der Waals surface area contributed by atoms with E-state index in [0.29, 0.717) is 0 Å².